The number of amides is 1. The third-order valence-electron chi connectivity index (χ3n) is 3.24. The molecule has 1 N–H and O–H groups in total. The Kier molecular flexibility index (Phi) is 3.67. The second-order valence-electron chi connectivity index (χ2n) is 4.83. The number of carbonyl (C=O) groups is 1. The molecule has 1 aromatic carbocycles. The van der Waals surface area contributed by atoms with Crippen molar-refractivity contribution in [1.82, 2.24) is 5.32 Å². The van der Waals surface area contributed by atoms with E-state index in [0.717, 1.165) is 19.6 Å². The van der Waals surface area contributed by atoms with Crippen molar-refractivity contribution in [2.24, 2.45) is 0 Å². The monoisotopic (exact) mass is 232 g/mol. The van der Waals surface area contributed by atoms with E-state index in [9.17, 15) is 4.79 Å². The van der Waals surface area contributed by atoms with Crippen LogP contribution in [0.1, 0.15) is 31.7 Å². The number of benzene rings is 1. The van der Waals surface area contributed by atoms with Gasteiger partial charge in [0.1, 0.15) is 0 Å². The van der Waals surface area contributed by atoms with Crippen molar-refractivity contribution >= 4 is 11.6 Å². The van der Waals surface area contributed by atoms with Crippen LogP contribution in [0.15, 0.2) is 24.3 Å². The minimum absolute atomic E-state index is 0.159. The van der Waals surface area contributed by atoms with Crippen LogP contribution in [-0.4, -0.2) is 25.5 Å². The Morgan fingerprint density at radius 3 is 2.53 bits per heavy atom. The van der Waals surface area contributed by atoms with Crippen LogP contribution < -0.4 is 10.2 Å². The van der Waals surface area contributed by atoms with E-state index in [1.807, 2.05) is 0 Å². The number of hydrogen-bond acceptors (Lipinski definition) is 2. The van der Waals surface area contributed by atoms with E-state index < -0.39 is 0 Å². The molecule has 1 heterocycles. The normalized spacial score (nSPS) is 16.9. The Balaban J connectivity index is 2.08. The number of carbonyl (C=O) groups excluding carboxylic acids is 1. The number of anilines is 1. The van der Waals surface area contributed by atoms with E-state index in [1.54, 1.807) is 0 Å². The van der Waals surface area contributed by atoms with Gasteiger partial charge in [0.15, 0.2) is 0 Å². The fourth-order valence-corrected chi connectivity index (χ4v) is 2.10. The average molecular weight is 232 g/mol. The van der Waals surface area contributed by atoms with Crippen molar-refractivity contribution in [3.63, 3.8) is 0 Å². The largest absolute Gasteiger partial charge is 0.369 e. The standard InChI is InChI=1S/C14H20N2O/c1-11(2)12-3-5-13(6-4-12)16-9-7-14(17)15-8-10-16/h3-6,11H,7-10H2,1-2H3,(H,15,17). The summed E-state index contributed by atoms with van der Waals surface area (Å²) in [7, 11) is 0. The third kappa shape index (κ3) is 2.99. The van der Waals surface area contributed by atoms with Gasteiger partial charge in [-0.05, 0) is 23.6 Å². The molecular formula is C14H20N2O. The number of rotatable bonds is 2. The SMILES string of the molecule is CC(C)c1ccc(N2CCNC(=O)CC2)cc1. The molecule has 0 spiro atoms. The van der Waals surface area contributed by atoms with Gasteiger partial charge >= 0.3 is 0 Å². The molecule has 0 aromatic heterocycles. The van der Waals surface area contributed by atoms with Crippen molar-refractivity contribution in [3.8, 4) is 0 Å². The van der Waals surface area contributed by atoms with Gasteiger partial charge in [0.05, 0.1) is 0 Å². The first-order valence-electron chi connectivity index (χ1n) is 6.28. The molecule has 1 saturated heterocycles. The van der Waals surface area contributed by atoms with Gasteiger partial charge in [-0.3, -0.25) is 4.79 Å². The maximum atomic E-state index is 11.3. The van der Waals surface area contributed by atoms with Crippen molar-refractivity contribution in [3.05, 3.63) is 29.8 Å². The van der Waals surface area contributed by atoms with Crippen molar-refractivity contribution in [2.75, 3.05) is 24.5 Å². The number of hydrogen-bond donors (Lipinski definition) is 1. The quantitative estimate of drug-likeness (QED) is 0.847. The summed E-state index contributed by atoms with van der Waals surface area (Å²) in [6, 6.07) is 8.68. The lowest BCUT2D eigenvalue weighted by atomic mass is 10.0. The molecule has 1 amide bonds. The summed E-state index contributed by atoms with van der Waals surface area (Å²) in [6.45, 7) is 6.84. The average Bonchev–Trinajstić information content (AvgIpc) is 2.54. The minimum Gasteiger partial charge on any atom is -0.369 e. The summed E-state index contributed by atoms with van der Waals surface area (Å²) >= 11 is 0. The van der Waals surface area contributed by atoms with Crippen LogP contribution in [0.5, 0.6) is 0 Å². The van der Waals surface area contributed by atoms with Crippen LogP contribution in [0, 0.1) is 0 Å². The van der Waals surface area contributed by atoms with Crippen LogP contribution in [-0.2, 0) is 4.79 Å². The summed E-state index contributed by atoms with van der Waals surface area (Å²) in [4.78, 5) is 13.5. The summed E-state index contributed by atoms with van der Waals surface area (Å²) in [5, 5.41) is 2.89. The van der Waals surface area contributed by atoms with E-state index >= 15 is 0 Å². The number of nitrogens with zero attached hydrogens (tertiary/aromatic N) is 1. The molecule has 3 nitrogen and oxygen atoms in total. The Morgan fingerprint density at radius 2 is 1.88 bits per heavy atom. The van der Waals surface area contributed by atoms with Crippen LogP contribution in [0.25, 0.3) is 0 Å². The van der Waals surface area contributed by atoms with Crippen LogP contribution in [0.4, 0.5) is 5.69 Å². The predicted octanol–water partition coefficient (Wildman–Crippen LogP) is 2.14. The zero-order chi connectivity index (χ0) is 12.3. The first kappa shape index (κ1) is 12.0. The van der Waals surface area contributed by atoms with Gasteiger partial charge in [-0.1, -0.05) is 26.0 Å². The summed E-state index contributed by atoms with van der Waals surface area (Å²) in [5.41, 5.74) is 2.57. The molecule has 1 aromatic rings. The van der Waals surface area contributed by atoms with Crippen molar-refractivity contribution in [1.29, 1.82) is 0 Å². The molecular weight excluding hydrogens is 212 g/mol. The fourth-order valence-electron chi connectivity index (χ4n) is 2.10. The summed E-state index contributed by atoms with van der Waals surface area (Å²) in [6.07, 6.45) is 0.589. The van der Waals surface area contributed by atoms with E-state index in [2.05, 4.69) is 48.3 Å². The number of nitrogens with one attached hydrogen (secondary N) is 1. The lowest BCUT2D eigenvalue weighted by Crippen LogP contribution is -2.28. The third-order valence-corrected chi connectivity index (χ3v) is 3.24. The van der Waals surface area contributed by atoms with Crippen LogP contribution in [0.3, 0.4) is 0 Å². The molecule has 2 rings (SSSR count). The van der Waals surface area contributed by atoms with Gasteiger partial charge in [-0.2, -0.15) is 0 Å². The predicted molar refractivity (Wildman–Crippen MR) is 70.4 cm³/mol. The highest BCUT2D eigenvalue weighted by atomic mass is 16.1. The second-order valence-corrected chi connectivity index (χ2v) is 4.83. The highest BCUT2D eigenvalue weighted by molar-refractivity contribution is 5.77. The summed E-state index contributed by atoms with van der Waals surface area (Å²) in [5.74, 6) is 0.725. The topological polar surface area (TPSA) is 32.3 Å². The molecule has 1 fully saturated rings. The zero-order valence-corrected chi connectivity index (χ0v) is 10.6. The Hall–Kier alpha value is -1.51. The fraction of sp³-hybridized carbons (Fsp3) is 0.500. The molecule has 1 aliphatic heterocycles. The molecule has 1 aliphatic rings. The molecule has 0 radical (unpaired) electrons. The molecule has 0 bridgehead atoms. The van der Waals surface area contributed by atoms with E-state index in [4.69, 9.17) is 0 Å². The van der Waals surface area contributed by atoms with E-state index in [0.29, 0.717) is 12.3 Å². The summed E-state index contributed by atoms with van der Waals surface area (Å²) < 4.78 is 0. The van der Waals surface area contributed by atoms with Gasteiger partial charge in [-0.25, -0.2) is 0 Å². The molecule has 0 atom stereocenters. The molecule has 0 aliphatic carbocycles. The molecule has 17 heavy (non-hydrogen) atoms. The van der Waals surface area contributed by atoms with Gasteiger partial charge in [-0.15, -0.1) is 0 Å². The molecule has 3 heteroatoms. The Bertz CT molecular complexity index is 384. The first-order valence-corrected chi connectivity index (χ1v) is 6.28. The van der Waals surface area contributed by atoms with Crippen molar-refractivity contribution < 1.29 is 4.79 Å². The van der Waals surface area contributed by atoms with E-state index in [1.165, 1.54) is 11.3 Å². The van der Waals surface area contributed by atoms with Crippen LogP contribution in [0.2, 0.25) is 0 Å². The maximum Gasteiger partial charge on any atom is 0.221 e. The van der Waals surface area contributed by atoms with Gasteiger partial charge in [0, 0.05) is 31.7 Å². The van der Waals surface area contributed by atoms with Crippen molar-refractivity contribution in [2.45, 2.75) is 26.2 Å². The smallest absolute Gasteiger partial charge is 0.221 e. The zero-order valence-electron chi connectivity index (χ0n) is 10.6. The van der Waals surface area contributed by atoms with Gasteiger partial charge in [0.2, 0.25) is 5.91 Å². The van der Waals surface area contributed by atoms with Gasteiger partial charge in [0.25, 0.3) is 0 Å². The Labute approximate surface area is 103 Å². The molecule has 0 unspecified atom stereocenters. The highest BCUT2D eigenvalue weighted by Gasteiger charge is 2.13. The maximum absolute atomic E-state index is 11.3. The van der Waals surface area contributed by atoms with Crippen LogP contribution >= 0.6 is 0 Å². The van der Waals surface area contributed by atoms with Gasteiger partial charge < -0.3 is 10.2 Å². The van der Waals surface area contributed by atoms with E-state index in [-0.39, 0.29) is 5.91 Å². The second kappa shape index (κ2) is 5.21. The first-order chi connectivity index (χ1) is 8.16. The molecule has 0 saturated carbocycles. The highest BCUT2D eigenvalue weighted by Crippen LogP contribution is 2.20. The molecule has 92 valence electrons. The Morgan fingerprint density at radius 1 is 1.18 bits per heavy atom. The lowest BCUT2D eigenvalue weighted by molar-refractivity contribution is -0.120. The lowest BCUT2D eigenvalue weighted by Gasteiger charge is -2.22. The minimum atomic E-state index is 0.159.